The number of nitrogens with one attached hydrogen (secondary N) is 1. The molecule has 2 amide bonds. The van der Waals surface area contributed by atoms with Gasteiger partial charge < -0.3 is 10.4 Å². The Hall–Kier alpha value is -2.49. The third-order valence-electron chi connectivity index (χ3n) is 4.03. The first-order valence-corrected chi connectivity index (χ1v) is 7.61. The number of aryl methyl sites for hydroxylation is 2. The SMILES string of the molecule is Cc1cccc2c1N(C(=O)Nc1ccc(O)cc1)CCCC2. The van der Waals surface area contributed by atoms with E-state index < -0.39 is 0 Å². The molecule has 2 aromatic rings. The fourth-order valence-electron chi connectivity index (χ4n) is 2.94. The normalized spacial score (nSPS) is 14.1. The number of rotatable bonds is 1. The summed E-state index contributed by atoms with van der Waals surface area (Å²) in [6.07, 6.45) is 3.11. The van der Waals surface area contributed by atoms with Crippen LogP contribution >= 0.6 is 0 Å². The molecular weight excluding hydrogens is 276 g/mol. The number of para-hydroxylation sites is 1. The Balaban J connectivity index is 1.87. The predicted molar refractivity (Wildman–Crippen MR) is 88.6 cm³/mol. The third kappa shape index (κ3) is 2.91. The van der Waals surface area contributed by atoms with Gasteiger partial charge in [-0.05, 0) is 61.6 Å². The van der Waals surface area contributed by atoms with Crippen LogP contribution in [-0.4, -0.2) is 17.7 Å². The zero-order valence-corrected chi connectivity index (χ0v) is 12.7. The summed E-state index contributed by atoms with van der Waals surface area (Å²) in [6, 6.07) is 12.6. The average Bonchev–Trinajstić information content (AvgIpc) is 2.73. The average molecular weight is 296 g/mol. The minimum Gasteiger partial charge on any atom is -0.508 e. The molecule has 1 aliphatic heterocycles. The van der Waals surface area contributed by atoms with Crippen LogP contribution < -0.4 is 10.2 Å². The molecule has 0 aromatic heterocycles. The predicted octanol–water partition coefficient (Wildman–Crippen LogP) is 4.08. The van der Waals surface area contributed by atoms with Crippen LogP contribution in [-0.2, 0) is 6.42 Å². The maximum Gasteiger partial charge on any atom is 0.326 e. The number of fused-ring (bicyclic) bond motifs is 1. The van der Waals surface area contributed by atoms with Gasteiger partial charge in [0.2, 0.25) is 0 Å². The Kier molecular flexibility index (Phi) is 4.00. The number of carbonyl (C=O) groups excluding carboxylic acids is 1. The van der Waals surface area contributed by atoms with Crippen LogP contribution in [0.2, 0.25) is 0 Å². The van der Waals surface area contributed by atoms with Gasteiger partial charge in [-0.15, -0.1) is 0 Å². The summed E-state index contributed by atoms with van der Waals surface area (Å²) in [6.45, 7) is 2.77. The highest BCUT2D eigenvalue weighted by molar-refractivity contribution is 6.02. The monoisotopic (exact) mass is 296 g/mol. The van der Waals surface area contributed by atoms with Crippen LogP contribution in [0.1, 0.15) is 24.0 Å². The zero-order chi connectivity index (χ0) is 15.5. The van der Waals surface area contributed by atoms with E-state index in [-0.39, 0.29) is 11.8 Å². The molecule has 1 heterocycles. The van der Waals surface area contributed by atoms with Gasteiger partial charge in [0.15, 0.2) is 0 Å². The molecule has 0 unspecified atom stereocenters. The van der Waals surface area contributed by atoms with Gasteiger partial charge in [0.05, 0.1) is 5.69 Å². The highest BCUT2D eigenvalue weighted by atomic mass is 16.3. The van der Waals surface area contributed by atoms with Gasteiger partial charge in [-0.25, -0.2) is 4.79 Å². The van der Waals surface area contributed by atoms with Crippen LogP contribution in [0.3, 0.4) is 0 Å². The van der Waals surface area contributed by atoms with Crippen LogP contribution in [0.4, 0.5) is 16.2 Å². The van der Waals surface area contributed by atoms with Crippen molar-refractivity contribution in [1.29, 1.82) is 0 Å². The lowest BCUT2D eigenvalue weighted by atomic mass is 10.0. The number of phenolic OH excluding ortho intramolecular Hbond substituents is 1. The van der Waals surface area contributed by atoms with Crippen molar-refractivity contribution in [2.24, 2.45) is 0 Å². The molecule has 0 spiro atoms. The number of phenols is 1. The van der Waals surface area contributed by atoms with E-state index in [1.165, 1.54) is 5.56 Å². The van der Waals surface area contributed by atoms with Crippen molar-refractivity contribution in [3.8, 4) is 5.75 Å². The van der Waals surface area contributed by atoms with Gasteiger partial charge >= 0.3 is 6.03 Å². The smallest absolute Gasteiger partial charge is 0.326 e. The Morgan fingerprint density at radius 1 is 1.14 bits per heavy atom. The molecule has 1 aliphatic rings. The van der Waals surface area contributed by atoms with Crippen molar-refractivity contribution >= 4 is 17.4 Å². The standard InChI is InChI=1S/C18H20N2O2/c1-13-5-4-7-14-6-2-3-12-20(17(13)14)18(22)19-15-8-10-16(21)11-9-15/h4-5,7-11,21H,2-3,6,12H2,1H3,(H,19,22). The summed E-state index contributed by atoms with van der Waals surface area (Å²) in [5, 5.41) is 12.2. The molecule has 0 atom stereocenters. The number of hydrogen-bond acceptors (Lipinski definition) is 2. The van der Waals surface area contributed by atoms with Gasteiger partial charge in [0.1, 0.15) is 5.75 Å². The van der Waals surface area contributed by atoms with Crippen LogP contribution in [0.15, 0.2) is 42.5 Å². The van der Waals surface area contributed by atoms with Crippen molar-refractivity contribution in [2.75, 3.05) is 16.8 Å². The molecule has 2 N–H and O–H groups in total. The van der Waals surface area contributed by atoms with Gasteiger partial charge in [0, 0.05) is 12.2 Å². The molecule has 2 aromatic carbocycles. The number of nitrogens with zero attached hydrogens (tertiary/aromatic N) is 1. The van der Waals surface area contributed by atoms with Crippen LogP contribution in [0.25, 0.3) is 0 Å². The fraction of sp³-hybridized carbons (Fsp3) is 0.278. The first kappa shape index (κ1) is 14.4. The second kappa shape index (κ2) is 6.10. The second-order valence-corrected chi connectivity index (χ2v) is 5.67. The lowest BCUT2D eigenvalue weighted by Gasteiger charge is -2.25. The molecule has 0 aliphatic carbocycles. The Labute approximate surface area is 130 Å². The quantitative estimate of drug-likeness (QED) is 0.779. The second-order valence-electron chi connectivity index (χ2n) is 5.67. The van der Waals surface area contributed by atoms with Crippen molar-refractivity contribution in [3.63, 3.8) is 0 Å². The molecule has 0 fully saturated rings. The molecule has 0 radical (unpaired) electrons. The van der Waals surface area contributed by atoms with E-state index in [9.17, 15) is 9.90 Å². The zero-order valence-electron chi connectivity index (χ0n) is 12.7. The molecule has 0 saturated carbocycles. The lowest BCUT2D eigenvalue weighted by Crippen LogP contribution is -2.36. The molecule has 0 bridgehead atoms. The summed E-state index contributed by atoms with van der Waals surface area (Å²) in [7, 11) is 0. The van der Waals surface area contributed by atoms with E-state index in [4.69, 9.17) is 0 Å². The van der Waals surface area contributed by atoms with Crippen molar-refractivity contribution < 1.29 is 9.90 Å². The van der Waals surface area contributed by atoms with E-state index in [0.29, 0.717) is 5.69 Å². The summed E-state index contributed by atoms with van der Waals surface area (Å²) in [4.78, 5) is 14.5. The van der Waals surface area contributed by atoms with E-state index >= 15 is 0 Å². The first-order valence-electron chi connectivity index (χ1n) is 7.61. The van der Waals surface area contributed by atoms with Gasteiger partial charge in [0.25, 0.3) is 0 Å². The summed E-state index contributed by atoms with van der Waals surface area (Å²) in [5.74, 6) is 0.189. The van der Waals surface area contributed by atoms with E-state index in [1.807, 2.05) is 17.9 Å². The van der Waals surface area contributed by atoms with Crippen LogP contribution in [0.5, 0.6) is 5.75 Å². The number of aromatic hydroxyl groups is 1. The molecule has 4 heteroatoms. The minimum absolute atomic E-state index is 0.122. The molecule has 22 heavy (non-hydrogen) atoms. The number of carbonyl (C=O) groups is 1. The first-order chi connectivity index (χ1) is 10.6. The Morgan fingerprint density at radius 3 is 2.68 bits per heavy atom. The largest absolute Gasteiger partial charge is 0.508 e. The third-order valence-corrected chi connectivity index (χ3v) is 4.03. The molecule has 4 nitrogen and oxygen atoms in total. The lowest BCUT2D eigenvalue weighted by molar-refractivity contribution is 0.257. The Bertz CT molecular complexity index is 680. The Morgan fingerprint density at radius 2 is 1.91 bits per heavy atom. The topological polar surface area (TPSA) is 52.6 Å². The van der Waals surface area contributed by atoms with E-state index in [0.717, 1.165) is 37.1 Å². The number of amides is 2. The number of anilines is 2. The van der Waals surface area contributed by atoms with Crippen LogP contribution in [0, 0.1) is 6.92 Å². The highest BCUT2D eigenvalue weighted by Gasteiger charge is 2.22. The summed E-state index contributed by atoms with van der Waals surface area (Å²) in [5.41, 5.74) is 4.08. The molecule has 3 rings (SSSR count). The maximum absolute atomic E-state index is 12.7. The summed E-state index contributed by atoms with van der Waals surface area (Å²) < 4.78 is 0. The number of hydrogen-bond donors (Lipinski definition) is 2. The highest BCUT2D eigenvalue weighted by Crippen LogP contribution is 2.30. The van der Waals surface area contributed by atoms with E-state index in [2.05, 4.69) is 17.4 Å². The maximum atomic E-state index is 12.7. The molecule has 114 valence electrons. The molecular formula is C18H20N2O2. The van der Waals surface area contributed by atoms with Crippen molar-refractivity contribution in [2.45, 2.75) is 26.2 Å². The van der Waals surface area contributed by atoms with Crippen molar-refractivity contribution in [3.05, 3.63) is 53.6 Å². The van der Waals surface area contributed by atoms with Gasteiger partial charge in [-0.1, -0.05) is 18.2 Å². The fourth-order valence-corrected chi connectivity index (χ4v) is 2.94. The van der Waals surface area contributed by atoms with Gasteiger partial charge in [-0.3, -0.25) is 4.90 Å². The molecule has 0 saturated heterocycles. The van der Waals surface area contributed by atoms with Crippen molar-refractivity contribution in [1.82, 2.24) is 0 Å². The van der Waals surface area contributed by atoms with E-state index in [1.54, 1.807) is 24.3 Å². The number of urea groups is 1. The van der Waals surface area contributed by atoms with Gasteiger partial charge in [-0.2, -0.15) is 0 Å². The number of benzene rings is 2. The minimum atomic E-state index is -0.122. The summed E-state index contributed by atoms with van der Waals surface area (Å²) >= 11 is 0.